The highest BCUT2D eigenvalue weighted by molar-refractivity contribution is 5.15. The third-order valence-electron chi connectivity index (χ3n) is 2.25. The first-order valence-electron chi connectivity index (χ1n) is 5.05. The molecule has 0 spiro atoms. The van der Waals surface area contributed by atoms with Gasteiger partial charge in [0.15, 0.2) is 0 Å². The molecule has 1 aromatic rings. The van der Waals surface area contributed by atoms with Crippen LogP contribution in [0.2, 0.25) is 0 Å². The van der Waals surface area contributed by atoms with Crippen molar-refractivity contribution >= 4 is 0 Å². The lowest BCUT2D eigenvalue weighted by Gasteiger charge is -2.23. The Morgan fingerprint density at radius 2 is 2.07 bits per heavy atom. The normalized spacial score (nSPS) is 9.33. The zero-order valence-corrected chi connectivity index (χ0v) is 9.11. The molecule has 78 valence electrons. The molecular formula is C13H16N2. The van der Waals surface area contributed by atoms with Crippen LogP contribution in [0.3, 0.4) is 0 Å². The fraction of sp³-hybridized carbons (Fsp3) is 0.308. The van der Waals surface area contributed by atoms with Gasteiger partial charge in [-0.15, -0.1) is 0 Å². The van der Waals surface area contributed by atoms with Crippen LogP contribution in [0.4, 0.5) is 0 Å². The molecule has 0 heterocycles. The maximum Gasteiger partial charge on any atom is 0.0640 e. The highest BCUT2D eigenvalue weighted by Crippen LogP contribution is 2.09. The first-order chi connectivity index (χ1) is 7.24. The summed E-state index contributed by atoms with van der Waals surface area (Å²) in [5.74, 6) is 0. The Morgan fingerprint density at radius 1 is 1.40 bits per heavy atom. The molecule has 0 saturated heterocycles. The van der Waals surface area contributed by atoms with Gasteiger partial charge in [0.1, 0.15) is 0 Å². The molecule has 0 aliphatic carbocycles. The number of hydrogen-bond acceptors (Lipinski definition) is 2. The van der Waals surface area contributed by atoms with E-state index in [-0.39, 0.29) is 0 Å². The van der Waals surface area contributed by atoms with Crippen LogP contribution in [0.25, 0.3) is 0 Å². The van der Waals surface area contributed by atoms with Crippen molar-refractivity contribution in [2.45, 2.75) is 19.9 Å². The van der Waals surface area contributed by atoms with Gasteiger partial charge in [-0.3, -0.25) is 0 Å². The van der Waals surface area contributed by atoms with Crippen LogP contribution >= 0.6 is 0 Å². The van der Waals surface area contributed by atoms with Gasteiger partial charge in [0.05, 0.1) is 12.5 Å². The van der Waals surface area contributed by atoms with E-state index in [9.17, 15) is 0 Å². The Morgan fingerprint density at radius 3 is 2.60 bits per heavy atom. The average molecular weight is 200 g/mol. The van der Waals surface area contributed by atoms with Gasteiger partial charge >= 0.3 is 0 Å². The van der Waals surface area contributed by atoms with E-state index in [0.717, 1.165) is 18.8 Å². The molecule has 0 aliphatic rings. The molecule has 0 bridgehead atoms. The molecular weight excluding hydrogens is 184 g/mol. The van der Waals surface area contributed by atoms with Crippen LogP contribution in [0, 0.1) is 11.3 Å². The third-order valence-corrected chi connectivity index (χ3v) is 2.25. The molecule has 2 heteroatoms. The van der Waals surface area contributed by atoms with Crippen LogP contribution in [-0.2, 0) is 6.54 Å². The van der Waals surface area contributed by atoms with Crippen molar-refractivity contribution in [3.8, 4) is 6.07 Å². The Kier molecular flexibility index (Phi) is 4.43. The van der Waals surface area contributed by atoms with Gasteiger partial charge in [0, 0.05) is 18.8 Å². The number of benzene rings is 1. The third kappa shape index (κ3) is 3.86. The van der Waals surface area contributed by atoms with E-state index in [1.165, 1.54) is 5.56 Å². The van der Waals surface area contributed by atoms with Gasteiger partial charge < -0.3 is 4.90 Å². The van der Waals surface area contributed by atoms with Crippen molar-refractivity contribution in [1.29, 1.82) is 5.26 Å². The quantitative estimate of drug-likeness (QED) is 0.730. The van der Waals surface area contributed by atoms with E-state index >= 15 is 0 Å². The second-order valence-corrected chi connectivity index (χ2v) is 3.55. The summed E-state index contributed by atoms with van der Waals surface area (Å²) in [6, 6.07) is 12.4. The molecule has 0 aliphatic heterocycles. The second kappa shape index (κ2) is 5.87. The molecule has 1 rings (SSSR count). The van der Waals surface area contributed by atoms with Crippen LogP contribution in [0.1, 0.15) is 18.9 Å². The summed E-state index contributed by atoms with van der Waals surface area (Å²) in [5, 5.41) is 8.56. The molecule has 0 amide bonds. The highest BCUT2D eigenvalue weighted by atomic mass is 15.1. The van der Waals surface area contributed by atoms with Gasteiger partial charge in [-0.1, -0.05) is 36.9 Å². The lowest BCUT2D eigenvalue weighted by atomic mass is 10.2. The smallest absolute Gasteiger partial charge is 0.0640 e. The Labute approximate surface area is 91.4 Å². The first kappa shape index (κ1) is 11.3. The molecule has 0 aromatic heterocycles. The van der Waals surface area contributed by atoms with Crippen LogP contribution in [-0.4, -0.2) is 11.4 Å². The standard InChI is InChI=1S/C13H16N2/c1-12(2)15(10-6-9-14)11-13-7-4-3-5-8-13/h3-5,7-8H,1,6,10-11H2,2H3. The van der Waals surface area contributed by atoms with Crippen LogP contribution in [0.5, 0.6) is 0 Å². The van der Waals surface area contributed by atoms with Crippen molar-refractivity contribution in [3.63, 3.8) is 0 Å². The molecule has 0 fully saturated rings. The van der Waals surface area contributed by atoms with Crippen molar-refractivity contribution in [2.75, 3.05) is 6.54 Å². The number of allylic oxidation sites excluding steroid dienone is 1. The molecule has 0 atom stereocenters. The van der Waals surface area contributed by atoms with Gasteiger partial charge in [-0.05, 0) is 12.5 Å². The lowest BCUT2D eigenvalue weighted by molar-refractivity contribution is 0.347. The van der Waals surface area contributed by atoms with Gasteiger partial charge in [0.25, 0.3) is 0 Å². The van der Waals surface area contributed by atoms with E-state index in [1.54, 1.807) is 0 Å². The average Bonchev–Trinajstić information content (AvgIpc) is 2.25. The summed E-state index contributed by atoms with van der Waals surface area (Å²) in [6.45, 7) is 7.48. The SMILES string of the molecule is C=C(C)N(CCC#N)Cc1ccccc1. The molecule has 0 unspecified atom stereocenters. The van der Waals surface area contributed by atoms with E-state index in [1.807, 2.05) is 25.1 Å². The highest BCUT2D eigenvalue weighted by Gasteiger charge is 2.03. The Bertz CT molecular complexity index is 349. The minimum atomic E-state index is 0.541. The lowest BCUT2D eigenvalue weighted by Crippen LogP contribution is -2.21. The molecule has 0 radical (unpaired) electrons. The fourth-order valence-electron chi connectivity index (χ4n) is 1.39. The van der Waals surface area contributed by atoms with E-state index in [4.69, 9.17) is 5.26 Å². The Hall–Kier alpha value is -1.75. The molecule has 2 nitrogen and oxygen atoms in total. The number of hydrogen-bond donors (Lipinski definition) is 0. The van der Waals surface area contributed by atoms with Gasteiger partial charge in [-0.25, -0.2) is 0 Å². The molecule has 1 aromatic carbocycles. The maximum absolute atomic E-state index is 8.56. The van der Waals surface area contributed by atoms with Crippen LogP contribution < -0.4 is 0 Å². The van der Waals surface area contributed by atoms with Crippen LogP contribution in [0.15, 0.2) is 42.6 Å². The summed E-state index contributed by atoms with van der Waals surface area (Å²) in [6.07, 6.45) is 0.541. The van der Waals surface area contributed by atoms with E-state index in [0.29, 0.717) is 6.42 Å². The summed E-state index contributed by atoms with van der Waals surface area (Å²) in [7, 11) is 0. The fourth-order valence-corrected chi connectivity index (χ4v) is 1.39. The van der Waals surface area contributed by atoms with E-state index < -0.39 is 0 Å². The molecule has 0 N–H and O–H groups in total. The van der Waals surface area contributed by atoms with Gasteiger partial charge in [-0.2, -0.15) is 5.26 Å². The largest absolute Gasteiger partial charge is 0.370 e. The van der Waals surface area contributed by atoms with Crippen molar-refractivity contribution in [2.24, 2.45) is 0 Å². The number of rotatable bonds is 5. The predicted octanol–water partition coefficient (Wildman–Crippen LogP) is 2.94. The van der Waals surface area contributed by atoms with Crippen molar-refractivity contribution < 1.29 is 0 Å². The minimum absolute atomic E-state index is 0.541. The monoisotopic (exact) mass is 200 g/mol. The van der Waals surface area contributed by atoms with Gasteiger partial charge in [0.2, 0.25) is 0 Å². The zero-order chi connectivity index (χ0) is 11.1. The summed E-state index contributed by atoms with van der Waals surface area (Å²) < 4.78 is 0. The van der Waals surface area contributed by atoms with Crippen molar-refractivity contribution in [1.82, 2.24) is 4.90 Å². The predicted molar refractivity (Wildman–Crippen MR) is 61.9 cm³/mol. The Balaban J connectivity index is 2.60. The maximum atomic E-state index is 8.56. The number of nitrogens with zero attached hydrogens (tertiary/aromatic N) is 2. The molecule has 0 saturated carbocycles. The van der Waals surface area contributed by atoms with E-state index in [2.05, 4.69) is 29.7 Å². The number of nitriles is 1. The summed E-state index contributed by atoms with van der Waals surface area (Å²) >= 11 is 0. The summed E-state index contributed by atoms with van der Waals surface area (Å²) in [4.78, 5) is 2.12. The summed E-state index contributed by atoms with van der Waals surface area (Å²) in [5.41, 5.74) is 2.26. The molecule has 15 heavy (non-hydrogen) atoms. The minimum Gasteiger partial charge on any atom is -0.370 e. The second-order valence-electron chi connectivity index (χ2n) is 3.55. The zero-order valence-electron chi connectivity index (χ0n) is 9.11. The first-order valence-corrected chi connectivity index (χ1v) is 5.05. The topological polar surface area (TPSA) is 27.0 Å². The van der Waals surface area contributed by atoms with Crippen molar-refractivity contribution in [3.05, 3.63) is 48.2 Å².